The van der Waals surface area contributed by atoms with E-state index in [9.17, 15) is 10.1 Å². The van der Waals surface area contributed by atoms with Crippen molar-refractivity contribution in [3.63, 3.8) is 0 Å². The van der Waals surface area contributed by atoms with E-state index in [0.717, 1.165) is 70.5 Å². The zero-order valence-electron chi connectivity index (χ0n) is 21.4. The SMILES string of the molecule is COCCOc1ccc(CSCCC[N+](C)(C)Cc2ccc(CSCCNC(N)=C[N+](=O)[O-])o2)cc1. The summed E-state index contributed by atoms with van der Waals surface area (Å²) in [5.41, 5.74) is 6.81. The van der Waals surface area contributed by atoms with Crippen LogP contribution in [0.2, 0.25) is 0 Å². The number of nitrogens with one attached hydrogen (secondary N) is 1. The summed E-state index contributed by atoms with van der Waals surface area (Å²) in [6.07, 6.45) is 1.91. The molecule has 2 rings (SSSR count). The van der Waals surface area contributed by atoms with Crippen LogP contribution in [0.15, 0.2) is 52.8 Å². The largest absolute Gasteiger partial charge is 0.491 e. The molecule has 0 saturated heterocycles. The minimum Gasteiger partial charge on any atom is -0.491 e. The molecule has 0 aliphatic rings. The molecule has 0 unspecified atom stereocenters. The molecule has 0 radical (unpaired) electrons. The summed E-state index contributed by atoms with van der Waals surface area (Å²) in [6, 6.07) is 12.4. The van der Waals surface area contributed by atoms with Crippen molar-refractivity contribution in [1.29, 1.82) is 0 Å². The standard InChI is InChI=1S/C25H39N4O5S2/c1-29(2,12-4-15-35-19-21-5-7-22(8-6-21)33-14-13-32-3)18-23-9-10-24(34-23)20-36-16-11-27-25(26)17-28(30)31/h5-10,17,27H,4,11-16,18-20,26H2,1-3H3/q+1. The van der Waals surface area contributed by atoms with Gasteiger partial charge in [-0.25, -0.2) is 0 Å². The molecule has 0 saturated carbocycles. The van der Waals surface area contributed by atoms with E-state index in [-0.39, 0.29) is 5.82 Å². The van der Waals surface area contributed by atoms with Crippen molar-refractivity contribution in [2.24, 2.45) is 5.73 Å². The van der Waals surface area contributed by atoms with Crippen LogP contribution in [0.25, 0.3) is 0 Å². The number of hydrogen-bond donors (Lipinski definition) is 2. The van der Waals surface area contributed by atoms with E-state index in [1.807, 2.05) is 30.0 Å². The first-order chi connectivity index (χ1) is 17.3. The van der Waals surface area contributed by atoms with Gasteiger partial charge in [-0.15, -0.1) is 0 Å². The van der Waals surface area contributed by atoms with Crippen LogP contribution < -0.4 is 15.8 Å². The fourth-order valence-electron chi connectivity index (χ4n) is 3.39. The highest BCUT2D eigenvalue weighted by molar-refractivity contribution is 7.98. The molecular weight excluding hydrogens is 500 g/mol. The van der Waals surface area contributed by atoms with Crippen molar-refractivity contribution >= 4 is 23.5 Å². The van der Waals surface area contributed by atoms with Crippen LogP contribution in [-0.4, -0.2) is 68.4 Å². The van der Waals surface area contributed by atoms with Crippen molar-refractivity contribution in [1.82, 2.24) is 5.32 Å². The third-order valence-corrected chi connectivity index (χ3v) is 7.26. The van der Waals surface area contributed by atoms with Gasteiger partial charge >= 0.3 is 0 Å². The Morgan fingerprint density at radius 1 is 1.11 bits per heavy atom. The van der Waals surface area contributed by atoms with Crippen molar-refractivity contribution in [3.8, 4) is 5.75 Å². The summed E-state index contributed by atoms with van der Waals surface area (Å²) < 4.78 is 17.5. The van der Waals surface area contributed by atoms with Gasteiger partial charge in [-0.3, -0.25) is 10.1 Å². The minimum atomic E-state index is -0.569. The van der Waals surface area contributed by atoms with Crippen molar-refractivity contribution in [2.45, 2.75) is 24.5 Å². The maximum atomic E-state index is 10.4. The first-order valence-corrected chi connectivity index (χ1v) is 14.2. The Balaban J connectivity index is 1.59. The van der Waals surface area contributed by atoms with Gasteiger partial charge in [-0.05, 0) is 35.6 Å². The van der Waals surface area contributed by atoms with Gasteiger partial charge in [0.25, 0.3) is 6.20 Å². The number of rotatable bonds is 19. The number of thioether (sulfide) groups is 2. The normalized spacial score (nSPS) is 12.0. The lowest BCUT2D eigenvalue weighted by molar-refractivity contribution is -0.904. The second-order valence-corrected chi connectivity index (χ2v) is 11.1. The maximum Gasteiger partial charge on any atom is 0.273 e. The molecule has 0 bridgehead atoms. The van der Waals surface area contributed by atoms with Crippen molar-refractivity contribution in [2.75, 3.05) is 59.0 Å². The quantitative estimate of drug-likeness (QED) is 0.118. The molecule has 0 aliphatic carbocycles. The van der Waals surface area contributed by atoms with Gasteiger partial charge in [0.15, 0.2) is 11.6 Å². The van der Waals surface area contributed by atoms with Gasteiger partial charge in [0.2, 0.25) is 0 Å². The van der Waals surface area contributed by atoms with E-state index in [4.69, 9.17) is 19.6 Å². The molecule has 1 aromatic carbocycles. The first kappa shape index (κ1) is 29.9. The number of quaternary nitrogens is 1. The zero-order valence-corrected chi connectivity index (χ0v) is 23.1. The summed E-state index contributed by atoms with van der Waals surface area (Å²) in [5, 5.41) is 13.2. The average molecular weight is 540 g/mol. The lowest BCUT2D eigenvalue weighted by atomic mass is 10.2. The number of nitro groups is 1. The predicted octanol–water partition coefficient (Wildman–Crippen LogP) is 4.06. The molecule has 3 N–H and O–H groups in total. The van der Waals surface area contributed by atoms with Crippen LogP contribution >= 0.6 is 23.5 Å². The molecule has 1 aromatic heterocycles. The molecule has 1 heterocycles. The topological polar surface area (TPSA) is 113 Å². The number of methoxy groups -OCH3 is 1. The fraction of sp³-hybridized carbons (Fsp3) is 0.520. The highest BCUT2D eigenvalue weighted by atomic mass is 32.2. The Labute approximate surface area is 222 Å². The van der Waals surface area contributed by atoms with Gasteiger partial charge in [-0.1, -0.05) is 12.1 Å². The van der Waals surface area contributed by atoms with Gasteiger partial charge in [-0.2, -0.15) is 23.5 Å². The predicted molar refractivity (Wildman–Crippen MR) is 147 cm³/mol. The summed E-state index contributed by atoms with van der Waals surface area (Å²) in [4.78, 5) is 9.78. The summed E-state index contributed by atoms with van der Waals surface area (Å²) in [7, 11) is 6.14. The second kappa shape index (κ2) is 16.4. The summed E-state index contributed by atoms with van der Waals surface area (Å²) in [5.74, 6) is 6.52. The van der Waals surface area contributed by atoms with Crippen LogP contribution in [0.4, 0.5) is 0 Å². The number of benzene rings is 1. The Morgan fingerprint density at radius 3 is 2.56 bits per heavy atom. The molecular formula is C25H39N4O5S2+. The Hall–Kier alpha value is -2.34. The summed E-state index contributed by atoms with van der Waals surface area (Å²) in [6.45, 7) is 3.65. The van der Waals surface area contributed by atoms with Crippen LogP contribution in [0.5, 0.6) is 5.75 Å². The molecule has 0 atom stereocenters. The molecule has 0 spiro atoms. The van der Waals surface area contributed by atoms with E-state index in [2.05, 4.69) is 37.6 Å². The smallest absolute Gasteiger partial charge is 0.273 e. The molecule has 9 nitrogen and oxygen atoms in total. The van der Waals surface area contributed by atoms with Gasteiger partial charge in [0.1, 0.15) is 24.7 Å². The third kappa shape index (κ3) is 13.1. The minimum absolute atomic E-state index is 0.0671. The van der Waals surface area contributed by atoms with E-state index < -0.39 is 4.92 Å². The van der Waals surface area contributed by atoms with Crippen LogP contribution in [0.3, 0.4) is 0 Å². The number of hydrogen-bond acceptors (Lipinski definition) is 9. The maximum absolute atomic E-state index is 10.4. The van der Waals surface area contributed by atoms with Crippen LogP contribution in [0.1, 0.15) is 23.5 Å². The molecule has 36 heavy (non-hydrogen) atoms. The van der Waals surface area contributed by atoms with E-state index in [1.54, 1.807) is 18.9 Å². The van der Waals surface area contributed by atoms with E-state index in [1.165, 1.54) is 5.56 Å². The van der Waals surface area contributed by atoms with E-state index in [0.29, 0.717) is 19.8 Å². The second-order valence-electron chi connectivity index (χ2n) is 8.93. The molecule has 0 aliphatic heterocycles. The number of furan rings is 1. The average Bonchev–Trinajstić information content (AvgIpc) is 3.25. The highest BCUT2D eigenvalue weighted by Crippen LogP contribution is 2.20. The molecule has 0 fully saturated rings. The van der Waals surface area contributed by atoms with Gasteiger partial charge in [0, 0.05) is 31.6 Å². The van der Waals surface area contributed by atoms with Crippen molar-refractivity contribution in [3.05, 3.63) is 75.6 Å². The molecule has 0 amide bonds. The van der Waals surface area contributed by atoms with Crippen LogP contribution in [0, 0.1) is 10.1 Å². The zero-order chi connectivity index (χ0) is 26.2. The van der Waals surface area contributed by atoms with Crippen LogP contribution in [-0.2, 0) is 22.8 Å². The fourth-order valence-corrected chi connectivity index (χ4v) is 5.05. The van der Waals surface area contributed by atoms with E-state index >= 15 is 0 Å². The number of nitrogens with zero attached hydrogens (tertiary/aromatic N) is 2. The Kier molecular flexibility index (Phi) is 13.6. The lowest BCUT2D eigenvalue weighted by Crippen LogP contribution is -2.39. The van der Waals surface area contributed by atoms with Gasteiger partial charge < -0.3 is 29.4 Å². The molecule has 11 heteroatoms. The third-order valence-electron chi connectivity index (χ3n) is 5.17. The molecule has 2 aromatic rings. The highest BCUT2D eigenvalue weighted by Gasteiger charge is 2.18. The number of ether oxygens (including phenoxy) is 2. The van der Waals surface area contributed by atoms with Crippen molar-refractivity contribution < 1.29 is 23.3 Å². The Morgan fingerprint density at radius 2 is 1.83 bits per heavy atom. The lowest BCUT2D eigenvalue weighted by Gasteiger charge is -2.28. The monoisotopic (exact) mass is 539 g/mol. The first-order valence-electron chi connectivity index (χ1n) is 11.9. The molecule has 200 valence electrons. The number of nitrogens with two attached hydrogens (primary N) is 1. The Bertz CT molecular complexity index is 935. The summed E-state index contributed by atoms with van der Waals surface area (Å²) >= 11 is 3.65. The van der Waals surface area contributed by atoms with Gasteiger partial charge in [0.05, 0.1) is 37.9 Å².